The maximum Gasteiger partial charge on any atom is 0.325 e. The van der Waals surface area contributed by atoms with Crippen molar-refractivity contribution < 1.29 is 18.5 Å². The van der Waals surface area contributed by atoms with Crippen LogP contribution in [0.2, 0.25) is 0 Å². The summed E-state index contributed by atoms with van der Waals surface area (Å²) in [6.07, 6.45) is 4.76. The zero-order valence-corrected chi connectivity index (χ0v) is 15.4. The third-order valence-corrected chi connectivity index (χ3v) is 5.59. The topological polar surface area (TPSA) is 88.6 Å². The van der Waals surface area contributed by atoms with Crippen LogP contribution in [0.4, 0.5) is 4.79 Å². The number of carbonyl (C=O) groups is 2. The number of rotatable bonds is 4. The van der Waals surface area contributed by atoms with Crippen molar-refractivity contribution in [2.24, 2.45) is 0 Å². The van der Waals surface area contributed by atoms with Gasteiger partial charge < -0.3 is 14.3 Å². The van der Waals surface area contributed by atoms with E-state index in [0.29, 0.717) is 17.2 Å². The Morgan fingerprint density at radius 2 is 2.00 bits per heavy atom. The minimum atomic E-state index is -1.08. The molecule has 142 valence electrons. The molecule has 3 amide bonds. The highest BCUT2D eigenvalue weighted by Gasteiger charge is 2.49. The Labute approximate surface area is 161 Å². The lowest BCUT2D eigenvalue weighted by Gasteiger charge is -2.23. The van der Waals surface area contributed by atoms with Gasteiger partial charge in [-0.2, -0.15) is 0 Å². The van der Waals surface area contributed by atoms with Crippen LogP contribution >= 0.6 is 0 Å². The quantitative estimate of drug-likeness (QED) is 0.704. The molecule has 3 aromatic rings. The summed E-state index contributed by atoms with van der Waals surface area (Å²) >= 11 is 0. The lowest BCUT2D eigenvalue weighted by atomic mass is 9.89. The van der Waals surface area contributed by atoms with Crippen molar-refractivity contribution in [3.05, 3.63) is 65.0 Å². The molecule has 2 aliphatic rings. The minimum absolute atomic E-state index is 0.0371. The Kier molecular flexibility index (Phi) is 3.65. The summed E-state index contributed by atoms with van der Waals surface area (Å²) in [7, 11) is 0. The molecule has 7 heteroatoms. The molecule has 1 aliphatic carbocycles. The third kappa shape index (κ3) is 2.54. The summed E-state index contributed by atoms with van der Waals surface area (Å²) in [6, 6.07) is 10.8. The first-order valence-electron chi connectivity index (χ1n) is 9.30. The third-order valence-electron chi connectivity index (χ3n) is 5.59. The zero-order valence-electron chi connectivity index (χ0n) is 15.4. The van der Waals surface area contributed by atoms with Crippen molar-refractivity contribution in [2.75, 3.05) is 0 Å². The van der Waals surface area contributed by atoms with Crippen molar-refractivity contribution in [2.45, 2.75) is 38.3 Å². The fourth-order valence-electron chi connectivity index (χ4n) is 4.00. The second-order valence-corrected chi connectivity index (χ2v) is 7.44. The summed E-state index contributed by atoms with van der Waals surface area (Å²) in [5.74, 6) is 0.699. The van der Waals surface area contributed by atoms with E-state index in [4.69, 9.17) is 8.94 Å². The van der Waals surface area contributed by atoms with Crippen LogP contribution in [0.25, 0.3) is 11.5 Å². The second-order valence-electron chi connectivity index (χ2n) is 7.44. The molecule has 2 aromatic heterocycles. The monoisotopic (exact) mass is 377 g/mol. The SMILES string of the molecule is C[C@]1(c2ccc3c(c2)CCC3)NC(=O)N(Cc2cc(-c3ccco3)on2)C1=O. The zero-order chi connectivity index (χ0) is 19.3. The van der Waals surface area contributed by atoms with Gasteiger partial charge in [0.1, 0.15) is 11.2 Å². The van der Waals surface area contributed by atoms with Gasteiger partial charge in [0.15, 0.2) is 5.76 Å². The van der Waals surface area contributed by atoms with Gasteiger partial charge in [-0.15, -0.1) is 0 Å². The van der Waals surface area contributed by atoms with E-state index in [-0.39, 0.29) is 12.5 Å². The number of benzene rings is 1. The lowest BCUT2D eigenvalue weighted by molar-refractivity contribution is -0.131. The van der Waals surface area contributed by atoms with Gasteiger partial charge in [0.05, 0.1) is 12.8 Å². The molecule has 0 spiro atoms. The molecule has 1 atom stereocenters. The van der Waals surface area contributed by atoms with Crippen LogP contribution in [-0.4, -0.2) is 22.0 Å². The van der Waals surface area contributed by atoms with Gasteiger partial charge in [0.2, 0.25) is 5.76 Å². The lowest BCUT2D eigenvalue weighted by Crippen LogP contribution is -2.41. The number of hydrogen-bond donors (Lipinski definition) is 1. The van der Waals surface area contributed by atoms with E-state index in [1.165, 1.54) is 22.3 Å². The van der Waals surface area contributed by atoms with Crippen LogP contribution in [0.15, 0.2) is 51.6 Å². The van der Waals surface area contributed by atoms with Gasteiger partial charge in [0, 0.05) is 6.07 Å². The molecule has 7 nitrogen and oxygen atoms in total. The van der Waals surface area contributed by atoms with E-state index in [1.807, 2.05) is 6.07 Å². The largest absolute Gasteiger partial charge is 0.461 e. The van der Waals surface area contributed by atoms with Crippen LogP contribution in [0, 0.1) is 0 Å². The Balaban J connectivity index is 1.40. The van der Waals surface area contributed by atoms with Crippen LogP contribution in [0.5, 0.6) is 0 Å². The summed E-state index contributed by atoms with van der Waals surface area (Å²) in [4.78, 5) is 26.9. The van der Waals surface area contributed by atoms with Crippen LogP contribution < -0.4 is 5.32 Å². The van der Waals surface area contributed by atoms with Crippen LogP contribution in [0.3, 0.4) is 0 Å². The highest BCUT2D eigenvalue weighted by molar-refractivity contribution is 6.07. The van der Waals surface area contributed by atoms with Gasteiger partial charge in [-0.25, -0.2) is 4.79 Å². The van der Waals surface area contributed by atoms with Crippen LogP contribution in [0.1, 0.15) is 35.7 Å². The van der Waals surface area contributed by atoms with E-state index in [9.17, 15) is 9.59 Å². The summed E-state index contributed by atoms with van der Waals surface area (Å²) < 4.78 is 10.5. The number of nitrogens with one attached hydrogen (secondary N) is 1. The highest BCUT2D eigenvalue weighted by Crippen LogP contribution is 2.33. The Hall–Kier alpha value is -3.35. The fourth-order valence-corrected chi connectivity index (χ4v) is 4.00. The van der Waals surface area contributed by atoms with Crippen molar-refractivity contribution >= 4 is 11.9 Å². The molecule has 1 N–H and O–H groups in total. The number of carbonyl (C=O) groups excluding carboxylic acids is 2. The molecule has 3 heterocycles. The second kappa shape index (κ2) is 6.09. The molecule has 1 aromatic carbocycles. The van der Waals surface area contributed by atoms with Gasteiger partial charge >= 0.3 is 6.03 Å². The standard InChI is InChI=1S/C21H19N3O4/c1-21(15-8-7-13-4-2-5-14(13)10-15)19(25)24(20(26)22-21)12-16-11-18(28-23-16)17-6-3-9-27-17/h3,6-11H,2,4-5,12H2,1H3,(H,22,26)/t21-/m1/s1. The smallest absolute Gasteiger partial charge is 0.325 e. The van der Waals surface area contributed by atoms with Gasteiger partial charge in [-0.05, 0) is 55.0 Å². The minimum Gasteiger partial charge on any atom is -0.461 e. The summed E-state index contributed by atoms with van der Waals surface area (Å²) in [5, 5.41) is 6.82. The fraction of sp³-hybridized carbons (Fsp3) is 0.286. The number of amides is 3. The van der Waals surface area contributed by atoms with Gasteiger partial charge in [-0.1, -0.05) is 23.4 Å². The van der Waals surface area contributed by atoms with Crippen molar-refractivity contribution in [1.82, 2.24) is 15.4 Å². The molecule has 1 aliphatic heterocycles. The summed E-state index contributed by atoms with van der Waals surface area (Å²) in [5.41, 5.74) is 2.80. The van der Waals surface area contributed by atoms with E-state index >= 15 is 0 Å². The number of aromatic nitrogens is 1. The molecule has 0 radical (unpaired) electrons. The Bertz CT molecular complexity index is 1070. The molecule has 5 rings (SSSR count). The molecule has 28 heavy (non-hydrogen) atoms. The van der Waals surface area contributed by atoms with E-state index in [0.717, 1.165) is 24.8 Å². The normalized spacial score (nSPS) is 21.2. The Morgan fingerprint density at radius 1 is 1.14 bits per heavy atom. The molecular formula is C21H19N3O4. The molecule has 0 bridgehead atoms. The van der Waals surface area contributed by atoms with Crippen molar-refractivity contribution in [1.29, 1.82) is 0 Å². The number of hydrogen-bond acceptors (Lipinski definition) is 5. The van der Waals surface area contributed by atoms with E-state index in [2.05, 4.69) is 22.6 Å². The number of furan rings is 1. The first kappa shape index (κ1) is 16.8. The Morgan fingerprint density at radius 3 is 2.82 bits per heavy atom. The molecule has 1 saturated heterocycles. The maximum atomic E-state index is 13.1. The maximum absolute atomic E-state index is 13.1. The number of aryl methyl sites for hydroxylation is 2. The van der Waals surface area contributed by atoms with Crippen LogP contribution in [-0.2, 0) is 29.7 Å². The first-order chi connectivity index (χ1) is 13.5. The molecule has 0 saturated carbocycles. The average Bonchev–Trinajstić information content (AvgIpc) is 3.47. The van der Waals surface area contributed by atoms with Crippen molar-refractivity contribution in [3.63, 3.8) is 0 Å². The van der Waals surface area contributed by atoms with E-state index < -0.39 is 11.6 Å². The average molecular weight is 377 g/mol. The molecule has 0 unspecified atom stereocenters. The predicted octanol–water partition coefficient (Wildman–Crippen LogP) is 3.39. The van der Waals surface area contributed by atoms with Crippen molar-refractivity contribution in [3.8, 4) is 11.5 Å². The number of imide groups is 1. The number of urea groups is 1. The van der Waals surface area contributed by atoms with E-state index in [1.54, 1.807) is 25.1 Å². The molecular weight excluding hydrogens is 358 g/mol. The number of nitrogens with zero attached hydrogens (tertiary/aromatic N) is 2. The first-order valence-corrected chi connectivity index (χ1v) is 9.30. The summed E-state index contributed by atoms with van der Waals surface area (Å²) in [6.45, 7) is 1.79. The highest BCUT2D eigenvalue weighted by atomic mass is 16.5. The predicted molar refractivity (Wildman–Crippen MR) is 99.1 cm³/mol. The number of fused-ring (bicyclic) bond motifs is 1. The molecule has 1 fully saturated rings. The van der Waals surface area contributed by atoms with Gasteiger partial charge in [0.25, 0.3) is 5.91 Å². The van der Waals surface area contributed by atoms with Gasteiger partial charge in [-0.3, -0.25) is 9.69 Å².